The van der Waals surface area contributed by atoms with Gasteiger partial charge in [0.25, 0.3) is 0 Å². The van der Waals surface area contributed by atoms with Gasteiger partial charge >= 0.3 is 0 Å². The molecule has 3 nitrogen and oxygen atoms in total. The zero-order valence-corrected chi connectivity index (χ0v) is 10.6. The van der Waals surface area contributed by atoms with E-state index in [1.54, 1.807) is 0 Å². The largest absolute Gasteiger partial charge is 0.377 e. The van der Waals surface area contributed by atoms with Gasteiger partial charge in [-0.3, -0.25) is 0 Å². The van der Waals surface area contributed by atoms with E-state index in [2.05, 4.69) is 17.1 Å². The number of rotatable bonds is 5. The van der Waals surface area contributed by atoms with E-state index in [0.717, 1.165) is 13.2 Å². The molecule has 94 valence electrons. The number of nitrogens with one attached hydrogen (secondary N) is 1. The number of hydrogen-bond donors (Lipinski definition) is 1. The average Bonchev–Trinajstić information content (AvgIpc) is 2.80. The van der Waals surface area contributed by atoms with Crippen molar-refractivity contribution in [3.63, 3.8) is 0 Å². The molecule has 16 heavy (non-hydrogen) atoms. The van der Waals surface area contributed by atoms with E-state index in [1.165, 1.54) is 51.7 Å². The van der Waals surface area contributed by atoms with Crippen LogP contribution in [0.25, 0.3) is 0 Å². The molecule has 0 spiro atoms. The average molecular weight is 226 g/mol. The monoisotopic (exact) mass is 226 g/mol. The van der Waals surface area contributed by atoms with Crippen LogP contribution >= 0.6 is 0 Å². The van der Waals surface area contributed by atoms with Crippen LogP contribution in [0, 0.1) is 0 Å². The lowest BCUT2D eigenvalue weighted by Crippen LogP contribution is -2.41. The van der Waals surface area contributed by atoms with E-state index < -0.39 is 0 Å². The minimum atomic E-state index is 0.467. The first-order valence-electron chi connectivity index (χ1n) is 6.92. The van der Waals surface area contributed by atoms with Gasteiger partial charge in [-0.25, -0.2) is 0 Å². The fourth-order valence-electron chi connectivity index (χ4n) is 2.66. The molecule has 2 aliphatic rings. The number of ether oxygens (including phenoxy) is 1. The second-order valence-corrected chi connectivity index (χ2v) is 5.28. The molecule has 0 radical (unpaired) electrons. The van der Waals surface area contributed by atoms with Gasteiger partial charge in [-0.1, -0.05) is 0 Å². The third kappa shape index (κ3) is 4.04. The molecule has 0 bridgehead atoms. The zero-order valence-electron chi connectivity index (χ0n) is 10.6. The summed E-state index contributed by atoms with van der Waals surface area (Å²) in [7, 11) is 0. The second-order valence-electron chi connectivity index (χ2n) is 5.28. The normalized spacial score (nSPS) is 32.1. The first-order chi connectivity index (χ1) is 7.84. The fourth-order valence-corrected chi connectivity index (χ4v) is 2.66. The van der Waals surface area contributed by atoms with Gasteiger partial charge < -0.3 is 15.0 Å². The van der Waals surface area contributed by atoms with E-state index in [-0.39, 0.29) is 0 Å². The zero-order chi connectivity index (χ0) is 11.2. The van der Waals surface area contributed by atoms with Crippen molar-refractivity contribution in [1.29, 1.82) is 0 Å². The topological polar surface area (TPSA) is 24.5 Å². The lowest BCUT2D eigenvalue weighted by molar-refractivity contribution is 0.0266. The van der Waals surface area contributed by atoms with Crippen LogP contribution in [0.4, 0.5) is 0 Å². The molecule has 2 aliphatic heterocycles. The maximum absolute atomic E-state index is 5.90. The van der Waals surface area contributed by atoms with Crippen molar-refractivity contribution in [3.8, 4) is 0 Å². The van der Waals surface area contributed by atoms with Gasteiger partial charge in [-0.15, -0.1) is 0 Å². The molecule has 0 aliphatic carbocycles. The molecule has 1 N–H and O–H groups in total. The van der Waals surface area contributed by atoms with E-state index in [1.807, 2.05) is 0 Å². The lowest BCUT2D eigenvalue weighted by Gasteiger charge is -2.27. The summed E-state index contributed by atoms with van der Waals surface area (Å²) < 4.78 is 5.90. The van der Waals surface area contributed by atoms with Crippen LogP contribution in [0.5, 0.6) is 0 Å². The molecule has 0 amide bonds. The molecule has 0 aromatic rings. The van der Waals surface area contributed by atoms with Crippen LogP contribution in [-0.2, 0) is 4.74 Å². The lowest BCUT2D eigenvalue weighted by atomic mass is 10.0. The highest BCUT2D eigenvalue weighted by molar-refractivity contribution is 4.75. The van der Waals surface area contributed by atoms with Crippen LogP contribution in [-0.4, -0.2) is 49.8 Å². The van der Waals surface area contributed by atoms with E-state index >= 15 is 0 Å². The maximum Gasteiger partial charge on any atom is 0.0700 e. The van der Waals surface area contributed by atoms with Gasteiger partial charge in [0.05, 0.1) is 6.10 Å². The van der Waals surface area contributed by atoms with Crippen LogP contribution in [0.3, 0.4) is 0 Å². The summed E-state index contributed by atoms with van der Waals surface area (Å²) in [6.45, 7) is 8.09. The summed E-state index contributed by atoms with van der Waals surface area (Å²) in [5.41, 5.74) is 0. The Kier molecular flexibility index (Phi) is 5.07. The third-order valence-electron chi connectivity index (χ3n) is 3.79. The van der Waals surface area contributed by atoms with Gasteiger partial charge in [-0.2, -0.15) is 0 Å². The van der Waals surface area contributed by atoms with Crippen molar-refractivity contribution in [3.05, 3.63) is 0 Å². The van der Waals surface area contributed by atoms with Crippen molar-refractivity contribution >= 4 is 0 Å². The number of hydrogen-bond acceptors (Lipinski definition) is 3. The summed E-state index contributed by atoms with van der Waals surface area (Å²) in [6, 6.07) is 0.685. The van der Waals surface area contributed by atoms with Gasteiger partial charge in [0.15, 0.2) is 0 Å². The first kappa shape index (κ1) is 12.3. The molecule has 3 heteroatoms. The standard InChI is InChI=1S/C13H26N2O/c1-12-5-6-13(11-14-12)16-10-4-9-15-7-2-3-8-15/h12-14H,2-11H2,1H3. The molecule has 2 saturated heterocycles. The number of nitrogens with zero attached hydrogens (tertiary/aromatic N) is 1. The Morgan fingerprint density at radius 1 is 1.25 bits per heavy atom. The Labute approximate surface area is 99.5 Å². The van der Waals surface area contributed by atoms with Crippen molar-refractivity contribution in [2.24, 2.45) is 0 Å². The SMILES string of the molecule is CC1CCC(OCCCN2CCCC2)CN1. The number of piperidine rings is 1. The molecule has 2 atom stereocenters. The highest BCUT2D eigenvalue weighted by Gasteiger charge is 2.17. The minimum Gasteiger partial charge on any atom is -0.377 e. The van der Waals surface area contributed by atoms with Crippen molar-refractivity contribution in [2.75, 3.05) is 32.8 Å². The van der Waals surface area contributed by atoms with Gasteiger partial charge in [0.2, 0.25) is 0 Å². The van der Waals surface area contributed by atoms with E-state index in [0.29, 0.717) is 12.1 Å². The summed E-state index contributed by atoms with van der Waals surface area (Å²) in [5.74, 6) is 0. The molecule has 2 unspecified atom stereocenters. The number of likely N-dealkylation sites (tertiary alicyclic amines) is 1. The molecule has 0 aromatic carbocycles. The molecule has 2 rings (SSSR count). The van der Waals surface area contributed by atoms with Gasteiger partial charge in [0.1, 0.15) is 0 Å². The predicted octanol–water partition coefficient (Wildman–Crippen LogP) is 1.63. The van der Waals surface area contributed by atoms with Crippen molar-refractivity contribution in [1.82, 2.24) is 10.2 Å². The van der Waals surface area contributed by atoms with Gasteiger partial charge in [0, 0.05) is 25.7 Å². The maximum atomic E-state index is 5.90. The van der Waals surface area contributed by atoms with Crippen LogP contribution in [0.15, 0.2) is 0 Å². The third-order valence-corrected chi connectivity index (χ3v) is 3.79. The summed E-state index contributed by atoms with van der Waals surface area (Å²) >= 11 is 0. The Morgan fingerprint density at radius 2 is 2.06 bits per heavy atom. The van der Waals surface area contributed by atoms with Crippen molar-refractivity contribution < 1.29 is 4.74 Å². The molecular weight excluding hydrogens is 200 g/mol. The molecule has 0 aromatic heterocycles. The van der Waals surface area contributed by atoms with Gasteiger partial charge in [-0.05, 0) is 52.1 Å². The fraction of sp³-hybridized carbons (Fsp3) is 1.00. The second kappa shape index (κ2) is 6.58. The van der Waals surface area contributed by atoms with E-state index in [9.17, 15) is 0 Å². The predicted molar refractivity (Wildman–Crippen MR) is 66.7 cm³/mol. The summed E-state index contributed by atoms with van der Waals surface area (Å²) in [5, 5.41) is 3.48. The highest BCUT2D eigenvalue weighted by Crippen LogP contribution is 2.12. The summed E-state index contributed by atoms with van der Waals surface area (Å²) in [6.07, 6.45) is 6.95. The Hall–Kier alpha value is -0.120. The first-order valence-corrected chi connectivity index (χ1v) is 6.92. The Bertz CT molecular complexity index is 184. The van der Waals surface area contributed by atoms with Crippen LogP contribution < -0.4 is 5.32 Å². The molecule has 2 heterocycles. The molecule has 2 fully saturated rings. The highest BCUT2D eigenvalue weighted by atomic mass is 16.5. The van der Waals surface area contributed by atoms with E-state index in [4.69, 9.17) is 4.74 Å². The summed E-state index contributed by atoms with van der Waals surface area (Å²) in [4.78, 5) is 2.56. The Balaban J connectivity index is 1.48. The quantitative estimate of drug-likeness (QED) is 0.721. The smallest absolute Gasteiger partial charge is 0.0700 e. The minimum absolute atomic E-state index is 0.467. The Morgan fingerprint density at radius 3 is 2.75 bits per heavy atom. The van der Waals surface area contributed by atoms with Crippen LogP contribution in [0.2, 0.25) is 0 Å². The van der Waals surface area contributed by atoms with Crippen LogP contribution in [0.1, 0.15) is 39.0 Å². The molecular formula is C13H26N2O. The van der Waals surface area contributed by atoms with Crippen molar-refractivity contribution in [2.45, 2.75) is 51.2 Å². The molecule has 0 saturated carbocycles.